The lowest BCUT2D eigenvalue weighted by molar-refractivity contribution is 0.0740. The first-order chi connectivity index (χ1) is 10.2. The number of rotatable bonds is 8. The lowest BCUT2D eigenvalue weighted by atomic mass is 10.3. The maximum atomic E-state index is 12.7. The first kappa shape index (κ1) is 14.6. The fourth-order valence-corrected chi connectivity index (χ4v) is 3.18. The van der Waals surface area contributed by atoms with Gasteiger partial charge in [0, 0.05) is 26.2 Å². The van der Waals surface area contributed by atoms with Crippen LogP contribution in [0.15, 0.2) is 0 Å². The van der Waals surface area contributed by atoms with Crippen molar-refractivity contribution >= 4 is 28.2 Å². The molecule has 0 radical (unpaired) electrons. The minimum absolute atomic E-state index is 0.0548. The van der Waals surface area contributed by atoms with E-state index in [4.69, 9.17) is 10.5 Å². The molecule has 6 nitrogen and oxygen atoms in total. The van der Waals surface area contributed by atoms with Crippen molar-refractivity contribution in [3.05, 3.63) is 4.88 Å². The summed E-state index contributed by atoms with van der Waals surface area (Å²) in [6.45, 7) is 2.14. The van der Waals surface area contributed by atoms with Gasteiger partial charge in [-0.25, -0.2) is 4.98 Å². The number of hydrogen-bond acceptors (Lipinski definition) is 6. The molecule has 2 aliphatic carbocycles. The van der Waals surface area contributed by atoms with Crippen LogP contribution in [0.4, 0.5) is 10.9 Å². The number of ether oxygens (including phenoxy) is 1. The Hall–Kier alpha value is -1.34. The highest BCUT2D eigenvalue weighted by molar-refractivity contribution is 7.18. The summed E-state index contributed by atoms with van der Waals surface area (Å²) >= 11 is 1.35. The molecule has 3 N–H and O–H groups in total. The molecule has 0 aromatic carbocycles. The van der Waals surface area contributed by atoms with Gasteiger partial charge in [-0.3, -0.25) is 4.79 Å². The summed E-state index contributed by atoms with van der Waals surface area (Å²) < 4.78 is 4.98. The van der Waals surface area contributed by atoms with Crippen molar-refractivity contribution in [2.75, 3.05) is 37.9 Å². The van der Waals surface area contributed by atoms with E-state index in [0.717, 1.165) is 19.4 Å². The molecule has 1 heterocycles. The summed E-state index contributed by atoms with van der Waals surface area (Å²) in [5, 5.41) is 3.82. The first-order valence-corrected chi connectivity index (χ1v) is 8.30. The van der Waals surface area contributed by atoms with Gasteiger partial charge in [-0.1, -0.05) is 11.3 Å². The molecule has 2 saturated carbocycles. The van der Waals surface area contributed by atoms with Crippen LogP contribution < -0.4 is 11.1 Å². The third kappa shape index (κ3) is 3.65. The Kier molecular flexibility index (Phi) is 4.30. The summed E-state index contributed by atoms with van der Waals surface area (Å²) in [7, 11) is 1.65. The Labute approximate surface area is 128 Å². The largest absolute Gasteiger partial charge is 0.383 e. The standard InChI is InChI=1S/C14H22N4O2S/c1-20-7-6-16-14-17-12(15)11(21-14)13(19)18(10-4-5-10)8-9-2-3-9/h9-10H,2-8,15H2,1H3,(H,16,17). The predicted octanol–water partition coefficient (Wildman–Crippen LogP) is 1.80. The van der Waals surface area contributed by atoms with Crippen LogP contribution in [-0.2, 0) is 4.74 Å². The van der Waals surface area contributed by atoms with Crippen LogP contribution >= 0.6 is 11.3 Å². The van der Waals surface area contributed by atoms with Crippen LogP contribution in [0.25, 0.3) is 0 Å². The van der Waals surface area contributed by atoms with Crippen LogP contribution in [0.5, 0.6) is 0 Å². The van der Waals surface area contributed by atoms with Gasteiger partial charge in [0.15, 0.2) is 5.13 Å². The number of thiazole rings is 1. The second-order valence-corrected chi connectivity index (χ2v) is 6.78. The molecule has 21 heavy (non-hydrogen) atoms. The van der Waals surface area contributed by atoms with Crippen LogP contribution in [0.2, 0.25) is 0 Å². The molecule has 2 fully saturated rings. The molecule has 1 amide bonds. The summed E-state index contributed by atoms with van der Waals surface area (Å²) in [4.78, 5) is 19.5. The summed E-state index contributed by atoms with van der Waals surface area (Å²) in [5.41, 5.74) is 5.93. The van der Waals surface area contributed by atoms with Crippen molar-refractivity contribution in [1.82, 2.24) is 9.88 Å². The van der Waals surface area contributed by atoms with Gasteiger partial charge in [0.1, 0.15) is 10.7 Å². The van der Waals surface area contributed by atoms with Crippen LogP contribution in [0.3, 0.4) is 0 Å². The monoisotopic (exact) mass is 310 g/mol. The number of methoxy groups -OCH3 is 1. The Balaban J connectivity index is 1.67. The molecule has 3 rings (SSSR count). The zero-order chi connectivity index (χ0) is 14.8. The lowest BCUT2D eigenvalue weighted by Gasteiger charge is -2.21. The van der Waals surface area contributed by atoms with Crippen molar-refractivity contribution in [2.45, 2.75) is 31.7 Å². The fraction of sp³-hybridized carbons (Fsp3) is 0.714. The SMILES string of the molecule is COCCNc1nc(N)c(C(=O)N(CC2CC2)C2CC2)s1. The Bertz CT molecular complexity index is 511. The average Bonchev–Trinajstić information content (AvgIpc) is 3.35. The van der Waals surface area contributed by atoms with E-state index in [1.54, 1.807) is 7.11 Å². The molecule has 0 atom stereocenters. The van der Waals surface area contributed by atoms with Crippen LogP contribution in [0.1, 0.15) is 35.4 Å². The van der Waals surface area contributed by atoms with Crippen LogP contribution in [0, 0.1) is 5.92 Å². The van der Waals surface area contributed by atoms with Crippen molar-refractivity contribution in [2.24, 2.45) is 5.92 Å². The number of anilines is 2. The lowest BCUT2D eigenvalue weighted by Crippen LogP contribution is -2.34. The normalized spacial score (nSPS) is 17.8. The highest BCUT2D eigenvalue weighted by Gasteiger charge is 2.38. The minimum Gasteiger partial charge on any atom is -0.383 e. The van der Waals surface area contributed by atoms with E-state index in [2.05, 4.69) is 10.3 Å². The molecule has 0 unspecified atom stereocenters. The second-order valence-electron chi connectivity index (χ2n) is 5.79. The van der Waals surface area contributed by atoms with Gasteiger partial charge >= 0.3 is 0 Å². The van der Waals surface area contributed by atoms with Crippen molar-refractivity contribution in [3.8, 4) is 0 Å². The van der Waals surface area contributed by atoms with Crippen molar-refractivity contribution < 1.29 is 9.53 Å². The molecule has 0 spiro atoms. The topological polar surface area (TPSA) is 80.5 Å². The van der Waals surface area contributed by atoms with E-state index in [1.165, 1.54) is 24.2 Å². The Morgan fingerprint density at radius 2 is 2.24 bits per heavy atom. The van der Waals surface area contributed by atoms with Gasteiger partial charge in [-0.15, -0.1) is 0 Å². The van der Waals surface area contributed by atoms with Gasteiger partial charge in [-0.05, 0) is 31.6 Å². The van der Waals surface area contributed by atoms with Crippen LogP contribution in [-0.4, -0.2) is 48.6 Å². The second kappa shape index (κ2) is 6.19. The third-order valence-electron chi connectivity index (χ3n) is 3.83. The molecular weight excluding hydrogens is 288 g/mol. The number of amides is 1. The highest BCUT2D eigenvalue weighted by Crippen LogP contribution is 2.37. The van der Waals surface area contributed by atoms with Gasteiger partial charge in [0.05, 0.1) is 6.61 Å². The van der Waals surface area contributed by atoms with E-state index < -0.39 is 0 Å². The Morgan fingerprint density at radius 1 is 1.48 bits per heavy atom. The first-order valence-electron chi connectivity index (χ1n) is 7.49. The fourth-order valence-electron chi connectivity index (χ4n) is 2.31. The maximum absolute atomic E-state index is 12.7. The van der Waals surface area contributed by atoms with Gasteiger partial charge in [0.2, 0.25) is 0 Å². The molecule has 0 saturated heterocycles. The summed E-state index contributed by atoms with van der Waals surface area (Å²) in [6, 6.07) is 0.421. The van der Waals surface area contributed by atoms with E-state index in [9.17, 15) is 4.79 Å². The zero-order valence-electron chi connectivity index (χ0n) is 12.3. The van der Waals surface area contributed by atoms with E-state index in [0.29, 0.717) is 40.9 Å². The summed E-state index contributed by atoms with van der Waals surface area (Å²) in [5.74, 6) is 1.09. The molecule has 1 aromatic heterocycles. The zero-order valence-corrected chi connectivity index (χ0v) is 13.1. The number of carbonyl (C=O) groups excluding carboxylic acids is 1. The number of nitrogens with two attached hydrogens (primary N) is 1. The van der Waals surface area contributed by atoms with Gasteiger partial charge in [-0.2, -0.15) is 0 Å². The molecule has 7 heteroatoms. The molecule has 0 aliphatic heterocycles. The highest BCUT2D eigenvalue weighted by atomic mass is 32.1. The molecule has 1 aromatic rings. The minimum atomic E-state index is 0.0548. The van der Waals surface area contributed by atoms with Gasteiger partial charge < -0.3 is 20.7 Å². The smallest absolute Gasteiger partial charge is 0.268 e. The number of nitrogens with zero attached hydrogens (tertiary/aromatic N) is 2. The third-order valence-corrected chi connectivity index (χ3v) is 4.85. The number of nitrogens with one attached hydrogen (secondary N) is 1. The quantitative estimate of drug-likeness (QED) is 0.716. The predicted molar refractivity (Wildman–Crippen MR) is 83.7 cm³/mol. The molecular formula is C14H22N4O2S. The number of aromatic nitrogens is 1. The van der Waals surface area contributed by atoms with E-state index in [-0.39, 0.29) is 5.91 Å². The molecule has 0 bridgehead atoms. The average molecular weight is 310 g/mol. The number of nitrogen functional groups attached to an aromatic ring is 1. The number of carbonyl (C=O) groups is 1. The number of hydrogen-bond donors (Lipinski definition) is 2. The van der Waals surface area contributed by atoms with Crippen molar-refractivity contribution in [3.63, 3.8) is 0 Å². The maximum Gasteiger partial charge on any atom is 0.268 e. The van der Waals surface area contributed by atoms with E-state index in [1.807, 2.05) is 4.90 Å². The molecule has 116 valence electrons. The molecule has 2 aliphatic rings. The van der Waals surface area contributed by atoms with Gasteiger partial charge in [0.25, 0.3) is 5.91 Å². The van der Waals surface area contributed by atoms with E-state index >= 15 is 0 Å². The van der Waals surface area contributed by atoms with Crippen molar-refractivity contribution in [1.29, 1.82) is 0 Å². The Morgan fingerprint density at radius 3 is 2.86 bits per heavy atom. The summed E-state index contributed by atoms with van der Waals surface area (Å²) in [6.07, 6.45) is 4.74.